The lowest BCUT2D eigenvalue weighted by Gasteiger charge is -2.14. The number of rotatable bonds is 12. The zero-order chi connectivity index (χ0) is 19.6. The quantitative estimate of drug-likeness (QED) is 0.329. The monoisotopic (exact) mass is 378 g/mol. The summed E-state index contributed by atoms with van der Waals surface area (Å²) in [7, 11) is 0. The van der Waals surface area contributed by atoms with E-state index >= 15 is 0 Å². The van der Waals surface area contributed by atoms with Crippen molar-refractivity contribution in [1.29, 1.82) is 0 Å². The molecular formula is C22H34O5. The minimum atomic E-state index is -0.768. The summed E-state index contributed by atoms with van der Waals surface area (Å²) in [5.41, 5.74) is 0.387. The Morgan fingerprint density at radius 1 is 0.889 bits per heavy atom. The first-order valence-corrected chi connectivity index (χ1v) is 10.5. The van der Waals surface area contributed by atoms with Gasteiger partial charge in [-0.2, -0.15) is 0 Å². The Morgan fingerprint density at radius 3 is 1.96 bits per heavy atom. The van der Waals surface area contributed by atoms with Crippen molar-refractivity contribution in [2.45, 2.75) is 96.2 Å². The van der Waals surface area contributed by atoms with E-state index in [1.807, 2.05) is 0 Å². The van der Waals surface area contributed by atoms with Crippen molar-refractivity contribution in [3.05, 3.63) is 17.7 Å². The summed E-state index contributed by atoms with van der Waals surface area (Å²) in [5.74, 6) is -1.51. The third-order valence-electron chi connectivity index (χ3n) is 5.32. The molecule has 5 heteroatoms. The molecule has 152 valence electrons. The smallest absolute Gasteiger partial charge is 0.200 e. The average molecular weight is 379 g/mol. The third-order valence-corrected chi connectivity index (χ3v) is 5.32. The number of carbonyl (C=O) groups is 1. The number of benzene rings is 1. The second-order valence-electron chi connectivity index (χ2n) is 7.69. The lowest BCUT2D eigenvalue weighted by Crippen LogP contribution is -2.07. The van der Waals surface area contributed by atoms with Gasteiger partial charge in [0.2, 0.25) is 0 Å². The van der Waals surface area contributed by atoms with Crippen molar-refractivity contribution in [3.8, 4) is 17.2 Å². The zero-order valence-corrected chi connectivity index (χ0v) is 16.5. The Bertz CT molecular complexity index is 575. The first-order chi connectivity index (χ1) is 13.0. The summed E-state index contributed by atoms with van der Waals surface area (Å²) in [6.07, 6.45) is 13.1. The van der Waals surface area contributed by atoms with Gasteiger partial charge in [-0.15, -0.1) is 0 Å². The van der Waals surface area contributed by atoms with E-state index in [2.05, 4.69) is 6.92 Å². The highest BCUT2D eigenvalue weighted by atomic mass is 16.5. The molecule has 0 radical (unpaired) electrons. The minimum Gasteiger partial charge on any atom is -0.504 e. The molecule has 0 aromatic heterocycles. The molecule has 27 heavy (non-hydrogen) atoms. The molecule has 1 aromatic rings. The van der Waals surface area contributed by atoms with Gasteiger partial charge in [0, 0.05) is 6.42 Å². The minimum absolute atomic E-state index is 0.0448. The van der Waals surface area contributed by atoms with Crippen LogP contribution in [0.25, 0.3) is 0 Å². The summed E-state index contributed by atoms with van der Waals surface area (Å²) < 4.78 is 5.84. The van der Waals surface area contributed by atoms with Gasteiger partial charge in [-0.25, -0.2) is 0 Å². The Balaban J connectivity index is 1.63. The summed E-state index contributed by atoms with van der Waals surface area (Å²) in [6.45, 7) is 2.24. The SMILES string of the molecule is CCCCCCCCCCCCC1CC(=O)C(c2cc(O)c(O)c(O)c2)O1. The molecule has 0 amide bonds. The molecule has 1 fully saturated rings. The Labute approximate surface area is 162 Å². The van der Waals surface area contributed by atoms with Gasteiger partial charge in [0.05, 0.1) is 6.10 Å². The molecule has 1 aromatic carbocycles. The first-order valence-electron chi connectivity index (χ1n) is 10.5. The van der Waals surface area contributed by atoms with Gasteiger partial charge in [0.15, 0.2) is 23.0 Å². The fraction of sp³-hybridized carbons (Fsp3) is 0.682. The lowest BCUT2D eigenvalue weighted by atomic mass is 10.0. The number of phenolic OH excluding ortho intramolecular Hbond substituents is 3. The molecule has 2 unspecified atom stereocenters. The number of carbonyl (C=O) groups excluding carboxylic acids is 1. The van der Waals surface area contributed by atoms with Crippen LogP contribution in [-0.2, 0) is 9.53 Å². The highest BCUT2D eigenvalue weighted by Crippen LogP contribution is 2.40. The van der Waals surface area contributed by atoms with E-state index in [0.29, 0.717) is 12.0 Å². The average Bonchev–Trinajstić information content (AvgIpc) is 3.01. The zero-order valence-electron chi connectivity index (χ0n) is 16.5. The van der Waals surface area contributed by atoms with E-state index in [0.717, 1.165) is 19.3 Å². The predicted octanol–water partition coefficient (Wildman–Crippen LogP) is 5.51. The van der Waals surface area contributed by atoms with Crippen LogP contribution in [-0.4, -0.2) is 27.2 Å². The van der Waals surface area contributed by atoms with E-state index in [1.165, 1.54) is 63.5 Å². The number of ether oxygens (including phenoxy) is 1. The number of hydrogen-bond donors (Lipinski definition) is 3. The number of aromatic hydroxyl groups is 3. The van der Waals surface area contributed by atoms with Crippen molar-refractivity contribution in [2.75, 3.05) is 0 Å². The van der Waals surface area contributed by atoms with E-state index in [-0.39, 0.29) is 11.9 Å². The molecule has 2 rings (SSSR count). The molecule has 1 aliphatic rings. The summed E-state index contributed by atoms with van der Waals surface area (Å²) in [4.78, 5) is 12.2. The number of phenols is 3. The normalized spacial score (nSPS) is 19.7. The molecule has 2 atom stereocenters. The van der Waals surface area contributed by atoms with E-state index < -0.39 is 23.4 Å². The van der Waals surface area contributed by atoms with Gasteiger partial charge in [-0.05, 0) is 24.1 Å². The predicted molar refractivity (Wildman–Crippen MR) is 105 cm³/mol. The van der Waals surface area contributed by atoms with Crippen LogP contribution in [0.4, 0.5) is 0 Å². The van der Waals surface area contributed by atoms with Gasteiger partial charge in [0.1, 0.15) is 6.10 Å². The maximum Gasteiger partial charge on any atom is 0.200 e. The molecule has 1 heterocycles. The molecule has 3 N–H and O–H groups in total. The Hall–Kier alpha value is -1.75. The van der Waals surface area contributed by atoms with E-state index in [1.54, 1.807) is 0 Å². The van der Waals surface area contributed by atoms with Crippen LogP contribution in [0.5, 0.6) is 17.2 Å². The summed E-state index contributed by atoms with van der Waals surface area (Å²) >= 11 is 0. The maximum atomic E-state index is 12.2. The van der Waals surface area contributed by atoms with Crippen LogP contribution in [0.2, 0.25) is 0 Å². The van der Waals surface area contributed by atoms with E-state index in [9.17, 15) is 20.1 Å². The Kier molecular flexibility index (Phi) is 8.92. The highest BCUT2D eigenvalue weighted by Gasteiger charge is 2.35. The van der Waals surface area contributed by atoms with Crippen molar-refractivity contribution >= 4 is 5.78 Å². The standard InChI is InChI=1S/C22H34O5/c1-2-3-4-5-6-7-8-9-10-11-12-17-15-20(25)22(27-17)16-13-18(23)21(26)19(24)14-16/h13-14,17,22-24,26H,2-12,15H2,1H3. The van der Waals surface area contributed by atoms with Crippen LogP contribution in [0.15, 0.2) is 12.1 Å². The molecule has 1 aliphatic heterocycles. The Morgan fingerprint density at radius 2 is 1.41 bits per heavy atom. The summed E-state index contributed by atoms with van der Waals surface area (Å²) in [5, 5.41) is 28.7. The van der Waals surface area contributed by atoms with Crippen molar-refractivity contribution in [1.82, 2.24) is 0 Å². The van der Waals surface area contributed by atoms with Gasteiger partial charge >= 0.3 is 0 Å². The lowest BCUT2D eigenvalue weighted by molar-refractivity contribution is -0.122. The number of Topliss-reactive ketones (excluding diaryl/α,β-unsaturated/α-hetero) is 1. The molecule has 0 aliphatic carbocycles. The highest BCUT2D eigenvalue weighted by molar-refractivity contribution is 5.86. The molecule has 1 saturated heterocycles. The van der Waals surface area contributed by atoms with Crippen LogP contribution < -0.4 is 0 Å². The second kappa shape index (κ2) is 11.2. The van der Waals surface area contributed by atoms with Crippen molar-refractivity contribution < 1.29 is 24.9 Å². The van der Waals surface area contributed by atoms with Gasteiger partial charge in [-0.3, -0.25) is 4.79 Å². The number of unbranched alkanes of at least 4 members (excludes halogenated alkanes) is 9. The maximum absolute atomic E-state index is 12.2. The van der Waals surface area contributed by atoms with Gasteiger partial charge < -0.3 is 20.1 Å². The second-order valence-corrected chi connectivity index (χ2v) is 7.69. The van der Waals surface area contributed by atoms with Crippen molar-refractivity contribution in [3.63, 3.8) is 0 Å². The third kappa shape index (κ3) is 6.73. The topological polar surface area (TPSA) is 87.0 Å². The van der Waals surface area contributed by atoms with Crippen LogP contribution in [0.3, 0.4) is 0 Å². The first kappa shape index (κ1) is 21.5. The fourth-order valence-electron chi connectivity index (χ4n) is 3.72. The molecule has 0 saturated carbocycles. The molecular weight excluding hydrogens is 344 g/mol. The number of hydrogen-bond acceptors (Lipinski definition) is 5. The van der Waals surface area contributed by atoms with Crippen LogP contribution in [0.1, 0.15) is 95.6 Å². The molecule has 5 nitrogen and oxygen atoms in total. The largest absolute Gasteiger partial charge is 0.504 e. The number of ketones is 1. The van der Waals surface area contributed by atoms with Crippen LogP contribution >= 0.6 is 0 Å². The van der Waals surface area contributed by atoms with Gasteiger partial charge in [0.25, 0.3) is 0 Å². The summed E-state index contributed by atoms with van der Waals surface area (Å²) in [6, 6.07) is 2.56. The molecule has 0 bridgehead atoms. The van der Waals surface area contributed by atoms with Crippen molar-refractivity contribution in [2.24, 2.45) is 0 Å². The van der Waals surface area contributed by atoms with E-state index in [4.69, 9.17) is 4.74 Å². The molecule has 0 spiro atoms. The van der Waals surface area contributed by atoms with Crippen LogP contribution in [0, 0.1) is 0 Å². The van der Waals surface area contributed by atoms with Gasteiger partial charge in [-0.1, -0.05) is 71.1 Å². The fourth-order valence-corrected chi connectivity index (χ4v) is 3.72.